The van der Waals surface area contributed by atoms with Crippen LogP contribution in [0.25, 0.3) is 0 Å². The predicted octanol–water partition coefficient (Wildman–Crippen LogP) is -0.0440. The minimum Gasteiger partial charge on any atom is -0.481 e. The van der Waals surface area contributed by atoms with E-state index in [0.717, 1.165) is 13.0 Å². The number of hydrogen-bond acceptors (Lipinski definition) is 3. The van der Waals surface area contributed by atoms with E-state index in [9.17, 15) is 9.59 Å². The highest BCUT2D eigenvalue weighted by Crippen LogP contribution is 2.21. The molecule has 1 N–H and O–H groups in total. The zero-order chi connectivity index (χ0) is 10.8. The number of amides is 1. The lowest BCUT2D eigenvalue weighted by molar-refractivity contribution is -0.141. The van der Waals surface area contributed by atoms with Gasteiger partial charge >= 0.3 is 5.97 Å². The van der Waals surface area contributed by atoms with Crippen molar-refractivity contribution < 1.29 is 19.4 Å². The molecule has 2 fully saturated rings. The summed E-state index contributed by atoms with van der Waals surface area (Å²) in [5.41, 5.74) is 0. The molecule has 2 heterocycles. The van der Waals surface area contributed by atoms with Crippen molar-refractivity contribution in [1.82, 2.24) is 4.90 Å². The number of ether oxygens (including phenoxy) is 1. The fourth-order valence-electron chi connectivity index (χ4n) is 2.15. The van der Waals surface area contributed by atoms with Crippen LogP contribution in [0.3, 0.4) is 0 Å². The molecule has 0 aromatic rings. The van der Waals surface area contributed by atoms with Crippen LogP contribution in [0.4, 0.5) is 0 Å². The molecule has 0 saturated carbocycles. The van der Waals surface area contributed by atoms with E-state index in [1.54, 1.807) is 4.90 Å². The molecule has 2 aliphatic heterocycles. The summed E-state index contributed by atoms with van der Waals surface area (Å²) in [6, 6.07) is 0. The summed E-state index contributed by atoms with van der Waals surface area (Å²) in [6.07, 6.45) is 1.13. The van der Waals surface area contributed by atoms with E-state index in [4.69, 9.17) is 9.84 Å². The Kier molecular flexibility index (Phi) is 2.90. The summed E-state index contributed by atoms with van der Waals surface area (Å²) in [5, 5.41) is 8.81. The Labute approximate surface area is 88.0 Å². The Morgan fingerprint density at radius 1 is 1.60 bits per heavy atom. The minimum absolute atomic E-state index is 0.0331. The van der Waals surface area contributed by atoms with Gasteiger partial charge in [0.2, 0.25) is 5.91 Å². The van der Waals surface area contributed by atoms with E-state index in [0.29, 0.717) is 25.6 Å². The maximum atomic E-state index is 11.5. The van der Waals surface area contributed by atoms with E-state index in [1.807, 2.05) is 0 Å². The third-order valence-corrected chi connectivity index (χ3v) is 3.07. The number of aliphatic carboxylic acids is 1. The molecule has 1 amide bonds. The van der Waals surface area contributed by atoms with Crippen LogP contribution < -0.4 is 0 Å². The monoisotopic (exact) mass is 213 g/mol. The number of carboxylic acid groups (broad SMARTS) is 1. The highest BCUT2D eigenvalue weighted by atomic mass is 16.5. The zero-order valence-corrected chi connectivity index (χ0v) is 8.52. The van der Waals surface area contributed by atoms with Crippen molar-refractivity contribution in [2.24, 2.45) is 11.8 Å². The van der Waals surface area contributed by atoms with E-state index in [2.05, 4.69) is 0 Å². The van der Waals surface area contributed by atoms with Crippen LogP contribution >= 0.6 is 0 Å². The zero-order valence-electron chi connectivity index (χ0n) is 8.52. The van der Waals surface area contributed by atoms with Gasteiger partial charge in [-0.2, -0.15) is 0 Å². The first kappa shape index (κ1) is 10.4. The second-order valence-corrected chi connectivity index (χ2v) is 4.27. The quantitative estimate of drug-likeness (QED) is 0.714. The van der Waals surface area contributed by atoms with Gasteiger partial charge in [0.05, 0.1) is 12.5 Å². The van der Waals surface area contributed by atoms with E-state index >= 15 is 0 Å². The van der Waals surface area contributed by atoms with Gasteiger partial charge in [0.1, 0.15) is 0 Å². The molecular formula is C10H15NO4. The molecule has 0 radical (unpaired) electrons. The van der Waals surface area contributed by atoms with E-state index < -0.39 is 11.9 Å². The molecule has 5 nitrogen and oxygen atoms in total. The Hall–Kier alpha value is -1.10. The molecule has 0 spiro atoms. The highest BCUT2D eigenvalue weighted by Gasteiger charge is 2.35. The molecule has 0 aromatic heterocycles. The minimum atomic E-state index is -0.867. The number of rotatable bonds is 3. The largest absolute Gasteiger partial charge is 0.481 e. The van der Waals surface area contributed by atoms with Crippen LogP contribution in [0.15, 0.2) is 0 Å². The Bertz CT molecular complexity index is 273. The second-order valence-electron chi connectivity index (χ2n) is 4.27. The lowest BCUT2D eigenvalue weighted by Gasteiger charge is -2.19. The second kappa shape index (κ2) is 4.18. The van der Waals surface area contributed by atoms with Gasteiger partial charge in [-0.05, 0) is 6.42 Å². The topological polar surface area (TPSA) is 66.8 Å². The summed E-state index contributed by atoms with van der Waals surface area (Å²) in [6.45, 7) is 2.48. The van der Waals surface area contributed by atoms with Crippen molar-refractivity contribution in [3.8, 4) is 0 Å². The third-order valence-electron chi connectivity index (χ3n) is 3.07. The molecule has 0 bridgehead atoms. The summed E-state index contributed by atoms with van der Waals surface area (Å²) < 4.78 is 5.22. The molecule has 2 unspecified atom stereocenters. The van der Waals surface area contributed by atoms with Crippen LogP contribution in [0.1, 0.15) is 12.8 Å². The Morgan fingerprint density at radius 2 is 2.40 bits per heavy atom. The number of carbonyl (C=O) groups is 2. The average Bonchev–Trinajstić information content (AvgIpc) is 2.77. The highest BCUT2D eigenvalue weighted by molar-refractivity contribution is 5.86. The van der Waals surface area contributed by atoms with Crippen LogP contribution in [0.2, 0.25) is 0 Å². The summed E-state index contributed by atoms with van der Waals surface area (Å²) >= 11 is 0. The Morgan fingerprint density at radius 3 is 2.93 bits per heavy atom. The lowest BCUT2D eigenvalue weighted by atomic mass is 10.1. The molecule has 2 saturated heterocycles. The fraction of sp³-hybridized carbons (Fsp3) is 0.800. The maximum Gasteiger partial charge on any atom is 0.308 e. The maximum absolute atomic E-state index is 11.5. The number of nitrogens with zero attached hydrogens (tertiary/aromatic N) is 1. The summed E-state index contributed by atoms with van der Waals surface area (Å²) in [4.78, 5) is 23.9. The van der Waals surface area contributed by atoms with Crippen LogP contribution in [0.5, 0.6) is 0 Å². The molecule has 5 heteroatoms. The smallest absolute Gasteiger partial charge is 0.308 e. The normalized spacial score (nSPS) is 31.2. The first-order valence-corrected chi connectivity index (χ1v) is 5.25. The number of carbonyl (C=O) groups excluding carboxylic acids is 1. The van der Waals surface area contributed by atoms with Crippen LogP contribution in [-0.4, -0.2) is 48.2 Å². The van der Waals surface area contributed by atoms with Crippen LogP contribution in [-0.2, 0) is 14.3 Å². The van der Waals surface area contributed by atoms with Crippen LogP contribution in [0, 0.1) is 11.8 Å². The van der Waals surface area contributed by atoms with Crippen molar-refractivity contribution in [1.29, 1.82) is 0 Å². The van der Waals surface area contributed by atoms with Gasteiger partial charge in [-0.15, -0.1) is 0 Å². The van der Waals surface area contributed by atoms with Gasteiger partial charge in [0.25, 0.3) is 0 Å². The van der Waals surface area contributed by atoms with Gasteiger partial charge in [-0.25, -0.2) is 0 Å². The van der Waals surface area contributed by atoms with Gasteiger partial charge in [0, 0.05) is 32.0 Å². The number of hydrogen-bond donors (Lipinski definition) is 1. The molecule has 2 aliphatic rings. The van der Waals surface area contributed by atoms with Gasteiger partial charge in [0.15, 0.2) is 0 Å². The SMILES string of the molecule is O=C(O)C1CC(=O)N(CC2CCOC2)C1. The number of carboxylic acids is 1. The lowest BCUT2D eigenvalue weighted by Crippen LogP contribution is -2.31. The molecule has 15 heavy (non-hydrogen) atoms. The van der Waals surface area contributed by atoms with Gasteiger partial charge in [-0.3, -0.25) is 9.59 Å². The molecule has 0 aromatic carbocycles. The van der Waals surface area contributed by atoms with Crippen molar-refractivity contribution in [3.63, 3.8) is 0 Å². The predicted molar refractivity (Wildman–Crippen MR) is 51.2 cm³/mol. The first-order valence-electron chi connectivity index (χ1n) is 5.25. The van der Waals surface area contributed by atoms with Gasteiger partial charge < -0.3 is 14.7 Å². The standard InChI is InChI=1S/C10H15NO4/c12-9-3-8(10(13)14)5-11(9)4-7-1-2-15-6-7/h7-8H,1-6H2,(H,13,14). The van der Waals surface area contributed by atoms with E-state index in [1.165, 1.54) is 0 Å². The molecule has 84 valence electrons. The van der Waals surface area contributed by atoms with E-state index in [-0.39, 0.29) is 12.3 Å². The van der Waals surface area contributed by atoms with Crippen molar-refractivity contribution in [2.45, 2.75) is 12.8 Å². The van der Waals surface area contributed by atoms with Gasteiger partial charge in [-0.1, -0.05) is 0 Å². The molecule has 2 rings (SSSR count). The average molecular weight is 213 g/mol. The van der Waals surface area contributed by atoms with Crippen molar-refractivity contribution in [3.05, 3.63) is 0 Å². The summed E-state index contributed by atoms with van der Waals surface area (Å²) in [5.74, 6) is -1.02. The molecule has 0 aliphatic carbocycles. The molecular weight excluding hydrogens is 198 g/mol. The fourth-order valence-corrected chi connectivity index (χ4v) is 2.15. The van der Waals surface area contributed by atoms with Crippen molar-refractivity contribution >= 4 is 11.9 Å². The molecule has 2 atom stereocenters. The first-order chi connectivity index (χ1) is 7.16. The number of likely N-dealkylation sites (tertiary alicyclic amines) is 1. The Balaban J connectivity index is 1.87. The summed E-state index contributed by atoms with van der Waals surface area (Å²) in [7, 11) is 0. The van der Waals surface area contributed by atoms with Crippen molar-refractivity contribution in [2.75, 3.05) is 26.3 Å². The third kappa shape index (κ3) is 2.28.